The fourth-order valence-electron chi connectivity index (χ4n) is 1.27. The van der Waals surface area contributed by atoms with Crippen molar-refractivity contribution < 1.29 is 9.90 Å². The molecule has 4 heteroatoms. The minimum Gasteiger partial charge on any atom is -0.480 e. The maximum Gasteiger partial charge on any atom is 0.324 e. The number of carbonyl (C=O) groups is 1. The van der Waals surface area contributed by atoms with Crippen molar-refractivity contribution in [1.82, 2.24) is 10.2 Å². The molecule has 0 radical (unpaired) electrons. The van der Waals surface area contributed by atoms with Gasteiger partial charge < -0.3 is 15.3 Å². The second-order valence-electron chi connectivity index (χ2n) is 4.18. The topological polar surface area (TPSA) is 52.6 Å². The smallest absolute Gasteiger partial charge is 0.324 e. The molecule has 0 aliphatic heterocycles. The van der Waals surface area contributed by atoms with E-state index >= 15 is 0 Å². The van der Waals surface area contributed by atoms with E-state index in [-0.39, 0.29) is 0 Å². The van der Waals surface area contributed by atoms with Gasteiger partial charge in [0.05, 0.1) is 0 Å². The summed E-state index contributed by atoms with van der Waals surface area (Å²) in [5.41, 5.74) is -0.853. The van der Waals surface area contributed by atoms with E-state index in [4.69, 9.17) is 5.11 Å². The van der Waals surface area contributed by atoms with Crippen molar-refractivity contribution in [3.8, 4) is 0 Å². The van der Waals surface area contributed by atoms with Crippen LogP contribution in [0.15, 0.2) is 0 Å². The van der Waals surface area contributed by atoms with Gasteiger partial charge in [0, 0.05) is 12.6 Å². The first-order valence-electron chi connectivity index (χ1n) is 5.02. The van der Waals surface area contributed by atoms with E-state index in [9.17, 15) is 4.79 Å². The van der Waals surface area contributed by atoms with Gasteiger partial charge in [0.2, 0.25) is 0 Å². The molecule has 2 N–H and O–H groups in total. The van der Waals surface area contributed by atoms with Gasteiger partial charge in [-0.05, 0) is 34.4 Å². The van der Waals surface area contributed by atoms with Crippen LogP contribution in [0.4, 0.5) is 0 Å². The summed E-state index contributed by atoms with van der Waals surface area (Å²) in [6, 6.07) is 0.354. The number of nitrogens with zero attached hydrogens (tertiary/aromatic N) is 1. The predicted molar refractivity (Wildman–Crippen MR) is 57.5 cm³/mol. The highest BCUT2D eigenvalue weighted by atomic mass is 16.4. The Kier molecular flexibility index (Phi) is 5.08. The third-order valence-electron chi connectivity index (χ3n) is 2.49. The molecule has 84 valence electrons. The molecule has 1 unspecified atom stereocenters. The van der Waals surface area contributed by atoms with Gasteiger partial charge in [0.25, 0.3) is 0 Å². The highest BCUT2D eigenvalue weighted by Gasteiger charge is 2.33. The van der Waals surface area contributed by atoms with Gasteiger partial charge in [0.15, 0.2) is 0 Å². The second kappa shape index (κ2) is 5.32. The summed E-state index contributed by atoms with van der Waals surface area (Å²) in [4.78, 5) is 13.1. The van der Waals surface area contributed by atoms with E-state index in [1.165, 1.54) is 0 Å². The molecule has 0 aromatic rings. The summed E-state index contributed by atoms with van der Waals surface area (Å²) in [7, 11) is 1.93. The lowest BCUT2D eigenvalue weighted by atomic mass is 10.0. The number of carboxylic acids is 1. The van der Waals surface area contributed by atoms with Crippen molar-refractivity contribution in [2.75, 3.05) is 20.1 Å². The number of hydrogen-bond acceptors (Lipinski definition) is 3. The van der Waals surface area contributed by atoms with Gasteiger partial charge in [-0.1, -0.05) is 6.92 Å². The summed E-state index contributed by atoms with van der Waals surface area (Å²) in [6.07, 6.45) is 0. The lowest BCUT2D eigenvalue weighted by molar-refractivity contribution is -0.145. The molecular weight excluding hydrogens is 180 g/mol. The lowest BCUT2D eigenvalue weighted by Crippen LogP contribution is -2.57. The van der Waals surface area contributed by atoms with Crippen LogP contribution in [-0.2, 0) is 4.79 Å². The van der Waals surface area contributed by atoms with Crippen LogP contribution < -0.4 is 5.32 Å². The highest BCUT2D eigenvalue weighted by molar-refractivity contribution is 5.78. The maximum absolute atomic E-state index is 11.1. The summed E-state index contributed by atoms with van der Waals surface area (Å²) in [5.74, 6) is -0.799. The van der Waals surface area contributed by atoms with Gasteiger partial charge in [0.1, 0.15) is 5.54 Å². The number of aliphatic carboxylic acids is 1. The maximum atomic E-state index is 11.1. The summed E-state index contributed by atoms with van der Waals surface area (Å²) < 4.78 is 0. The molecule has 0 aliphatic rings. The molecule has 0 rings (SSSR count). The Morgan fingerprint density at radius 1 is 1.57 bits per heavy atom. The van der Waals surface area contributed by atoms with Crippen molar-refractivity contribution in [3.63, 3.8) is 0 Å². The zero-order valence-electron chi connectivity index (χ0n) is 9.79. The molecule has 0 saturated heterocycles. The number of rotatable bonds is 6. The third kappa shape index (κ3) is 3.64. The molecular formula is C10H22N2O2. The monoisotopic (exact) mass is 202 g/mol. The van der Waals surface area contributed by atoms with Crippen molar-refractivity contribution in [2.45, 2.75) is 39.3 Å². The van der Waals surface area contributed by atoms with E-state index in [0.29, 0.717) is 19.1 Å². The minimum absolute atomic E-state index is 0.354. The molecule has 0 fully saturated rings. The number of likely N-dealkylation sites (N-methyl/N-ethyl adjacent to an activating group) is 2. The van der Waals surface area contributed by atoms with Crippen LogP contribution in [0.1, 0.15) is 27.7 Å². The van der Waals surface area contributed by atoms with Crippen LogP contribution in [0.25, 0.3) is 0 Å². The zero-order valence-corrected chi connectivity index (χ0v) is 9.79. The van der Waals surface area contributed by atoms with Crippen LogP contribution in [0.3, 0.4) is 0 Å². The van der Waals surface area contributed by atoms with Gasteiger partial charge in [-0.15, -0.1) is 0 Å². The van der Waals surface area contributed by atoms with E-state index < -0.39 is 11.5 Å². The van der Waals surface area contributed by atoms with Gasteiger partial charge in [-0.2, -0.15) is 0 Å². The molecule has 0 spiro atoms. The largest absolute Gasteiger partial charge is 0.480 e. The Morgan fingerprint density at radius 3 is 2.36 bits per heavy atom. The summed E-state index contributed by atoms with van der Waals surface area (Å²) >= 11 is 0. The predicted octanol–water partition coefficient (Wildman–Crippen LogP) is 0.779. The van der Waals surface area contributed by atoms with E-state index in [2.05, 4.69) is 5.32 Å². The first-order chi connectivity index (χ1) is 6.33. The van der Waals surface area contributed by atoms with Crippen LogP contribution in [0.2, 0.25) is 0 Å². The zero-order chi connectivity index (χ0) is 11.4. The molecule has 0 aromatic heterocycles. The molecule has 4 nitrogen and oxygen atoms in total. The standard InChI is InChI=1S/C10H22N2O2/c1-6-11-10(4,9(13)14)7-12(5)8(2)3/h8,11H,6-7H2,1-5H3,(H,13,14). The fourth-order valence-corrected chi connectivity index (χ4v) is 1.27. The molecule has 0 heterocycles. The summed E-state index contributed by atoms with van der Waals surface area (Å²) in [5, 5.41) is 12.1. The SMILES string of the molecule is CCNC(C)(CN(C)C(C)C)C(=O)O. The molecule has 0 amide bonds. The van der Waals surface area contributed by atoms with Crippen molar-refractivity contribution in [1.29, 1.82) is 0 Å². The van der Waals surface area contributed by atoms with Crippen LogP contribution in [0.5, 0.6) is 0 Å². The van der Waals surface area contributed by atoms with Crippen LogP contribution in [-0.4, -0.2) is 47.7 Å². The Bertz CT molecular complexity index is 195. The fraction of sp³-hybridized carbons (Fsp3) is 0.900. The van der Waals surface area contributed by atoms with Gasteiger partial charge in [-0.3, -0.25) is 4.79 Å². The number of carboxylic acid groups (broad SMARTS) is 1. The molecule has 0 saturated carbocycles. The lowest BCUT2D eigenvalue weighted by Gasteiger charge is -2.32. The quantitative estimate of drug-likeness (QED) is 0.668. The van der Waals surface area contributed by atoms with E-state index in [1.54, 1.807) is 6.92 Å². The first kappa shape index (κ1) is 13.4. The number of hydrogen-bond donors (Lipinski definition) is 2. The Hall–Kier alpha value is -0.610. The molecule has 0 aromatic carbocycles. The Morgan fingerprint density at radius 2 is 2.07 bits per heavy atom. The van der Waals surface area contributed by atoms with Crippen molar-refractivity contribution in [2.24, 2.45) is 0 Å². The average molecular weight is 202 g/mol. The van der Waals surface area contributed by atoms with E-state index in [0.717, 1.165) is 0 Å². The normalized spacial score (nSPS) is 15.9. The Labute approximate surface area is 86.3 Å². The first-order valence-corrected chi connectivity index (χ1v) is 5.02. The summed E-state index contributed by atoms with van der Waals surface area (Å²) in [6.45, 7) is 8.90. The van der Waals surface area contributed by atoms with Gasteiger partial charge in [-0.25, -0.2) is 0 Å². The van der Waals surface area contributed by atoms with Crippen molar-refractivity contribution >= 4 is 5.97 Å². The average Bonchev–Trinajstić information content (AvgIpc) is 2.03. The molecule has 0 aliphatic carbocycles. The third-order valence-corrected chi connectivity index (χ3v) is 2.49. The van der Waals surface area contributed by atoms with Crippen LogP contribution >= 0.6 is 0 Å². The highest BCUT2D eigenvalue weighted by Crippen LogP contribution is 2.08. The van der Waals surface area contributed by atoms with Crippen LogP contribution in [0, 0.1) is 0 Å². The Balaban J connectivity index is 4.44. The van der Waals surface area contributed by atoms with Crippen molar-refractivity contribution in [3.05, 3.63) is 0 Å². The molecule has 14 heavy (non-hydrogen) atoms. The molecule has 1 atom stereocenters. The van der Waals surface area contributed by atoms with Gasteiger partial charge >= 0.3 is 5.97 Å². The second-order valence-corrected chi connectivity index (χ2v) is 4.18. The number of nitrogens with one attached hydrogen (secondary N) is 1. The van der Waals surface area contributed by atoms with E-state index in [1.807, 2.05) is 32.7 Å². The molecule has 0 bridgehead atoms. The minimum atomic E-state index is -0.853.